The summed E-state index contributed by atoms with van der Waals surface area (Å²) in [7, 11) is 0. The topological polar surface area (TPSA) is 46.2 Å². The normalized spacial score (nSPS) is 11.0. The zero-order chi connectivity index (χ0) is 17.6. The van der Waals surface area contributed by atoms with Crippen molar-refractivity contribution in [1.82, 2.24) is 0 Å². The Labute approximate surface area is 139 Å². The molecule has 3 aromatic carbocycles. The molecule has 3 nitrogen and oxygen atoms in total. The highest BCUT2D eigenvalue weighted by Gasteiger charge is 2.24. The fourth-order valence-corrected chi connectivity index (χ4v) is 2.81. The number of halogens is 1. The molecule has 0 radical (unpaired) electrons. The largest absolute Gasteiger partial charge is 0.352 e. The predicted octanol–water partition coefficient (Wildman–Crippen LogP) is 4.07. The van der Waals surface area contributed by atoms with E-state index in [1.54, 1.807) is 19.1 Å². The van der Waals surface area contributed by atoms with Crippen molar-refractivity contribution in [3.8, 4) is 11.1 Å². The fraction of sp³-hybridized carbons (Fsp3) is 0.200. The van der Waals surface area contributed by atoms with Crippen LogP contribution < -0.4 is 16.2 Å². The Bertz CT molecular complexity index is 1030. The minimum absolute atomic E-state index is 0.231. The molecule has 4 heteroatoms. The molecular formula is C20H18FNO2. The van der Waals surface area contributed by atoms with Gasteiger partial charge in [0.1, 0.15) is 11.5 Å². The highest BCUT2D eigenvalue weighted by atomic mass is 19.1. The number of benzene rings is 2. The molecule has 0 aromatic heterocycles. The monoisotopic (exact) mass is 323 g/mol. The molecule has 0 saturated heterocycles. The lowest BCUT2D eigenvalue weighted by Gasteiger charge is -2.17. The van der Waals surface area contributed by atoms with Gasteiger partial charge in [0.15, 0.2) is 0 Å². The summed E-state index contributed by atoms with van der Waals surface area (Å²) in [4.78, 5) is 24.1. The number of nitrogens with one attached hydrogen (secondary N) is 1. The first-order chi connectivity index (χ1) is 11.3. The van der Waals surface area contributed by atoms with Gasteiger partial charge in [-0.05, 0) is 67.6 Å². The lowest BCUT2D eigenvalue weighted by Crippen LogP contribution is -2.35. The van der Waals surface area contributed by atoms with Crippen molar-refractivity contribution >= 4 is 11.4 Å². The maximum atomic E-state index is 13.7. The zero-order valence-corrected chi connectivity index (χ0v) is 14.1. The second kappa shape index (κ2) is 5.71. The molecule has 0 unspecified atom stereocenters. The van der Waals surface area contributed by atoms with Gasteiger partial charge in [-0.3, -0.25) is 9.59 Å². The van der Waals surface area contributed by atoms with Crippen LogP contribution in [0, 0.1) is 33.5 Å². The van der Waals surface area contributed by atoms with E-state index in [-0.39, 0.29) is 11.5 Å². The molecular weight excluding hydrogens is 305 g/mol. The van der Waals surface area contributed by atoms with Gasteiger partial charge in [0.2, 0.25) is 5.43 Å². The molecule has 0 fully saturated rings. The summed E-state index contributed by atoms with van der Waals surface area (Å²) >= 11 is 0. The van der Waals surface area contributed by atoms with E-state index in [4.69, 9.17) is 0 Å². The van der Waals surface area contributed by atoms with Crippen molar-refractivity contribution in [1.29, 1.82) is 0 Å². The molecule has 1 N–H and O–H groups in total. The molecule has 0 aliphatic rings. The highest BCUT2D eigenvalue weighted by molar-refractivity contribution is 5.86. The third-order valence-electron chi connectivity index (χ3n) is 4.46. The molecule has 0 spiro atoms. The first-order valence-electron chi connectivity index (χ1n) is 7.74. The minimum Gasteiger partial charge on any atom is -0.352 e. The van der Waals surface area contributed by atoms with Gasteiger partial charge in [-0.25, -0.2) is 4.39 Å². The maximum Gasteiger partial charge on any atom is 0.250 e. The van der Waals surface area contributed by atoms with Crippen molar-refractivity contribution in [2.24, 2.45) is 0 Å². The summed E-state index contributed by atoms with van der Waals surface area (Å²) in [5.74, 6) is -0.359. The first kappa shape index (κ1) is 16.1. The second-order valence-electron chi connectivity index (χ2n) is 6.25. The number of anilines is 2. The van der Waals surface area contributed by atoms with E-state index in [0.29, 0.717) is 16.8 Å². The van der Waals surface area contributed by atoms with E-state index in [1.807, 2.05) is 32.9 Å². The Hall–Kier alpha value is -2.75. The molecule has 0 amide bonds. The Morgan fingerprint density at radius 2 is 1.46 bits per heavy atom. The minimum atomic E-state index is -0.566. The van der Waals surface area contributed by atoms with Crippen molar-refractivity contribution in [3.63, 3.8) is 0 Å². The van der Waals surface area contributed by atoms with E-state index in [9.17, 15) is 14.0 Å². The first-order valence-corrected chi connectivity index (χ1v) is 7.74. The van der Waals surface area contributed by atoms with Gasteiger partial charge in [-0.1, -0.05) is 18.2 Å². The predicted molar refractivity (Wildman–Crippen MR) is 95.4 cm³/mol. The standard InChI is InChI=1S/C20H18FNO2/c1-10-5-6-14(9-16(10)21)22-18-17(19(23)20(18)24)15-8-12(3)11(2)7-13(15)4/h5-9,22H,1-4H3. The Morgan fingerprint density at radius 1 is 0.792 bits per heavy atom. The van der Waals surface area contributed by atoms with Crippen LogP contribution in [0.3, 0.4) is 0 Å². The van der Waals surface area contributed by atoms with Crippen LogP contribution in [0.5, 0.6) is 0 Å². The molecule has 24 heavy (non-hydrogen) atoms. The highest BCUT2D eigenvalue weighted by Crippen LogP contribution is 2.31. The zero-order valence-electron chi connectivity index (χ0n) is 14.1. The molecule has 0 aliphatic heterocycles. The Balaban J connectivity index is 2.08. The van der Waals surface area contributed by atoms with Crippen molar-refractivity contribution in [3.05, 3.63) is 78.8 Å². The smallest absolute Gasteiger partial charge is 0.250 e. The van der Waals surface area contributed by atoms with Gasteiger partial charge >= 0.3 is 0 Å². The van der Waals surface area contributed by atoms with Crippen LogP contribution in [0.1, 0.15) is 22.3 Å². The van der Waals surface area contributed by atoms with Crippen LogP contribution >= 0.6 is 0 Å². The number of hydrogen-bond acceptors (Lipinski definition) is 3. The molecule has 0 saturated carbocycles. The summed E-state index contributed by atoms with van der Waals surface area (Å²) in [5, 5.41) is 2.91. The van der Waals surface area contributed by atoms with Gasteiger partial charge < -0.3 is 5.32 Å². The van der Waals surface area contributed by atoms with Gasteiger partial charge in [-0.15, -0.1) is 0 Å². The SMILES string of the molecule is Cc1cc(C)c(-c2c(Nc3ccc(C)c(F)c3)c(=O)c2=O)cc1C. The van der Waals surface area contributed by atoms with Crippen LogP contribution in [0.15, 0.2) is 39.9 Å². The van der Waals surface area contributed by atoms with Crippen molar-refractivity contribution in [2.75, 3.05) is 5.32 Å². The molecule has 3 aromatic rings. The molecule has 0 atom stereocenters. The average molecular weight is 323 g/mol. The number of aryl methyl sites for hydroxylation is 4. The summed E-state index contributed by atoms with van der Waals surface area (Å²) in [6.07, 6.45) is 0. The summed E-state index contributed by atoms with van der Waals surface area (Å²) in [5.41, 5.74) is 4.38. The van der Waals surface area contributed by atoms with Crippen LogP contribution in [0.4, 0.5) is 15.8 Å². The lowest BCUT2D eigenvalue weighted by atomic mass is 9.91. The quantitative estimate of drug-likeness (QED) is 0.739. The van der Waals surface area contributed by atoms with Crippen LogP contribution in [0.2, 0.25) is 0 Å². The van der Waals surface area contributed by atoms with E-state index < -0.39 is 10.9 Å². The average Bonchev–Trinajstić information content (AvgIpc) is 2.54. The molecule has 0 bridgehead atoms. The molecule has 0 heterocycles. The van der Waals surface area contributed by atoms with E-state index in [1.165, 1.54) is 6.07 Å². The van der Waals surface area contributed by atoms with Crippen LogP contribution in [0.25, 0.3) is 11.1 Å². The molecule has 3 rings (SSSR count). The summed E-state index contributed by atoms with van der Waals surface area (Å²) < 4.78 is 13.7. The van der Waals surface area contributed by atoms with E-state index >= 15 is 0 Å². The van der Waals surface area contributed by atoms with Crippen molar-refractivity contribution < 1.29 is 4.39 Å². The molecule has 0 aliphatic carbocycles. The third-order valence-corrected chi connectivity index (χ3v) is 4.46. The van der Waals surface area contributed by atoms with E-state index in [2.05, 4.69) is 5.32 Å². The van der Waals surface area contributed by atoms with Crippen LogP contribution in [-0.4, -0.2) is 0 Å². The van der Waals surface area contributed by atoms with Gasteiger partial charge in [0, 0.05) is 5.69 Å². The maximum absolute atomic E-state index is 13.7. The Morgan fingerprint density at radius 3 is 2.12 bits per heavy atom. The Kier molecular flexibility index (Phi) is 3.84. The molecule has 122 valence electrons. The van der Waals surface area contributed by atoms with Gasteiger partial charge in [0.25, 0.3) is 5.43 Å². The fourth-order valence-electron chi connectivity index (χ4n) is 2.81. The summed E-state index contributed by atoms with van der Waals surface area (Å²) in [6.45, 7) is 7.54. The number of hydrogen-bond donors (Lipinski definition) is 1. The second-order valence-corrected chi connectivity index (χ2v) is 6.25. The number of rotatable bonds is 3. The van der Waals surface area contributed by atoms with Gasteiger partial charge in [0.05, 0.1) is 5.56 Å². The lowest BCUT2D eigenvalue weighted by molar-refractivity contribution is 0.619. The third kappa shape index (κ3) is 2.54. The van der Waals surface area contributed by atoms with E-state index in [0.717, 1.165) is 22.3 Å². The van der Waals surface area contributed by atoms with Crippen molar-refractivity contribution in [2.45, 2.75) is 27.7 Å². The summed E-state index contributed by atoms with van der Waals surface area (Å²) in [6, 6.07) is 8.55. The van der Waals surface area contributed by atoms with Crippen LogP contribution in [-0.2, 0) is 0 Å². The van der Waals surface area contributed by atoms with Gasteiger partial charge in [-0.2, -0.15) is 0 Å².